The number of urea groups is 1. The number of carbonyl (C=O) groups is 2. The van der Waals surface area contributed by atoms with E-state index in [0.29, 0.717) is 45.8 Å². The Balaban J connectivity index is 1.60. The van der Waals surface area contributed by atoms with Gasteiger partial charge in [0, 0.05) is 50.4 Å². The number of ether oxygens (including phenoxy) is 2. The van der Waals surface area contributed by atoms with Crippen molar-refractivity contribution in [2.24, 2.45) is 0 Å². The van der Waals surface area contributed by atoms with Crippen LogP contribution < -0.4 is 10.1 Å². The minimum absolute atomic E-state index is 0.0533. The smallest absolute Gasteiger partial charge is 0.322 e. The zero-order valence-corrected chi connectivity index (χ0v) is 29.4. The average Bonchev–Trinajstić information content (AvgIpc) is 3.52. The number of methoxy groups -OCH3 is 1. The van der Waals surface area contributed by atoms with Gasteiger partial charge < -0.3 is 29.2 Å². The highest BCUT2D eigenvalue weighted by Crippen LogP contribution is 2.32. The third-order valence-electron chi connectivity index (χ3n) is 8.47. The van der Waals surface area contributed by atoms with E-state index in [-0.39, 0.29) is 30.3 Å². The predicted octanol–water partition coefficient (Wildman–Crippen LogP) is 8.28. The van der Waals surface area contributed by atoms with Gasteiger partial charge in [-0.15, -0.1) is 0 Å². The normalized spacial score (nSPS) is 11.2. The maximum absolute atomic E-state index is 14.3. The lowest BCUT2D eigenvalue weighted by Crippen LogP contribution is -2.45. The zero-order chi connectivity index (χ0) is 34.5. The second-order valence-electron chi connectivity index (χ2n) is 12.7. The van der Waals surface area contributed by atoms with E-state index in [9.17, 15) is 9.59 Å². The molecular weight excluding hydrogens is 600 g/mol. The first-order valence-corrected chi connectivity index (χ1v) is 17.0. The summed E-state index contributed by atoms with van der Waals surface area (Å²) in [5.41, 5.74) is 6.13. The van der Waals surface area contributed by atoms with Gasteiger partial charge in [0.25, 0.3) is 0 Å². The number of nitrogens with one attached hydrogen (secondary N) is 1. The Morgan fingerprint density at radius 3 is 2.17 bits per heavy atom. The fraction of sp³-hybridized carbons (Fsp3) is 0.400. The molecule has 3 amide bonds. The molecule has 0 bridgehead atoms. The van der Waals surface area contributed by atoms with Gasteiger partial charge >= 0.3 is 6.03 Å². The Morgan fingerprint density at radius 2 is 1.50 bits per heavy atom. The topological polar surface area (TPSA) is 76.0 Å². The minimum Gasteiger partial charge on any atom is -0.497 e. The largest absolute Gasteiger partial charge is 0.497 e. The first-order chi connectivity index (χ1) is 23.2. The van der Waals surface area contributed by atoms with Crippen molar-refractivity contribution in [2.45, 2.75) is 72.5 Å². The number of rotatable bonds is 17. The van der Waals surface area contributed by atoms with Crippen LogP contribution in [0.5, 0.6) is 5.75 Å². The monoisotopic (exact) mass is 652 g/mol. The second kappa shape index (κ2) is 18.1. The number of amides is 3. The number of benzene rings is 3. The molecule has 3 aromatic carbocycles. The quantitative estimate of drug-likeness (QED) is 0.117. The van der Waals surface area contributed by atoms with Crippen LogP contribution in [-0.2, 0) is 29.2 Å². The van der Waals surface area contributed by atoms with Crippen LogP contribution in [0.4, 0.5) is 10.5 Å². The molecule has 0 radical (unpaired) electrons. The van der Waals surface area contributed by atoms with Gasteiger partial charge in [0.1, 0.15) is 12.3 Å². The van der Waals surface area contributed by atoms with Crippen LogP contribution in [0.2, 0.25) is 0 Å². The van der Waals surface area contributed by atoms with Gasteiger partial charge in [-0.25, -0.2) is 4.79 Å². The summed E-state index contributed by atoms with van der Waals surface area (Å²) in [7, 11) is 1.67. The van der Waals surface area contributed by atoms with E-state index in [1.165, 1.54) is 0 Å². The van der Waals surface area contributed by atoms with Crippen LogP contribution in [0.3, 0.4) is 0 Å². The molecule has 4 aromatic rings. The van der Waals surface area contributed by atoms with Gasteiger partial charge in [0.2, 0.25) is 5.91 Å². The van der Waals surface area contributed by atoms with Crippen molar-refractivity contribution in [3.05, 3.63) is 119 Å². The number of para-hydroxylation sites is 1. The lowest BCUT2D eigenvalue weighted by atomic mass is 9.93. The fourth-order valence-corrected chi connectivity index (χ4v) is 5.85. The highest BCUT2D eigenvalue weighted by atomic mass is 16.5. The number of carbonyl (C=O) groups excluding carboxylic acids is 2. The summed E-state index contributed by atoms with van der Waals surface area (Å²) in [4.78, 5) is 31.8. The first kappa shape index (κ1) is 36.3. The number of hydrogen-bond donors (Lipinski definition) is 1. The fourth-order valence-electron chi connectivity index (χ4n) is 5.85. The average molecular weight is 653 g/mol. The summed E-state index contributed by atoms with van der Waals surface area (Å²) in [6, 6.07) is 28.0. The molecule has 256 valence electrons. The molecule has 48 heavy (non-hydrogen) atoms. The molecule has 0 aliphatic heterocycles. The van der Waals surface area contributed by atoms with Crippen LogP contribution in [-0.4, -0.2) is 59.7 Å². The van der Waals surface area contributed by atoms with Crippen molar-refractivity contribution in [3.63, 3.8) is 0 Å². The molecule has 1 heterocycles. The summed E-state index contributed by atoms with van der Waals surface area (Å²) < 4.78 is 13.2. The Labute approximate surface area is 286 Å². The van der Waals surface area contributed by atoms with Crippen molar-refractivity contribution in [1.82, 2.24) is 14.4 Å². The van der Waals surface area contributed by atoms with Gasteiger partial charge in [-0.3, -0.25) is 4.79 Å². The minimum atomic E-state index is -0.282. The number of aromatic nitrogens is 1. The van der Waals surface area contributed by atoms with Crippen LogP contribution in [0.15, 0.2) is 91.1 Å². The molecular formula is C40H52N4O4. The maximum Gasteiger partial charge on any atom is 0.322 e. The van der Waals surface area contributed by atoms with E-state index in [1.807, 2.05) is 78.7 Å². The summed E-state index contributed by atoms with van der Waals surface area (Å²) in [6.07, 6.45) is 2.66. The highest BCUT2D eigenvalue weighted by molar-refractivity contribution is 5.94. The van der Waals surface area contributed by atoms with Crippen LogP contribution in [0.1, 0.15) is 80.8 Å². The Morgan fingerprint density at radius 1 is 0.812 bits per heavy atom. The van der Waals surface area contributed by atoms with Crippen molar-refractivity contribution in [1.29, 1.82) is 0 Å². The lowest BCUT2D eigenvalue weighted by Gasteiger charge is -2.29. The van der Waals surface area contributed by atoms with E-state index in [0.717, 1.165) is 39.4 Å². The van der Waals surface area contributed by atoms with Gasteiger partial charge in [-0.1, -0.05) is 88.4 Å². The molecule has 1 N–H and O–H groups in total. The van der Waals surface area contributed by atoms with Crippen LogP contribution in [0.25, 0.3) is 0 Å². The van der Waals surface area contributed by atoms with Crippen molar-refractivity contribution < 1.29 is 19.1 Å². The lowest BCUT2D eigenvalue weighted by molar-refractivity contribution is -0.133. The first-order valence-electron chi connectivity index (χ1n) is 17.0. The maximum atomic E-state index is 14.3. The molecule has 0 aliphatic carbocycles. The summed E-state index contributed by atoms with van der Waals surface area (Å²) in [5, 5.41) is 3.23. The van der Waals surface area contributed by atoms with Gasteiger partial charge in [0.15, 0.2) is 0 Å². The molecule has 0 unspecified atom stereocenters. The van der Waals surface area contributed by atoms with Crippen molar-refractivity contribution >= 4 is 17.6 Å². The van der Waals surface area contributed by atoms with E-state index < -0.39 is 0 Å². The molecule has 0 spiro atoms. The van der Waals surface area contributed by atoms with E-state index >= 15 is 0 Å². The summed E-state index contributed by atoms with van der Waals surface area (Å²) in [6.45, 7) is 13.4. The van der Waals surface area contributed by atoms with Crippen LogP contribution >= 0.6 is 0 Å². The van der Waals surface area contributed by atoms with Crippen molar-refractivity contribution in [2.75, 3.05) is 38.7 Å². The Bertz CT molecular complexity index is 1570. The van der Waals surface area contributed by atoms with Gasteiger partial charge in [-0.2, -0.15) is 0 Å². The van der Waals surface area contributed by atoms with Gasteiger partial charge in [-0.05, 0) is 71.7 Å². The molecule has 0 saturated heterocycles. The predicted molar refractivity (Wildman–Crippen MR) is 194 cm³/mol. The molecule has 8 heteroatoms. The third-order valence-corrected chi connectivity index (χ3v) is 8.47. The van der Waals surface area contributed by atoms with Crippen molar-refractivity contribution in [3.8, 4) is 5.75 Å². The van der Waals surface area contributed by atoms with Crippen LogP contribution in [0, 0.1) is 0 Å². The Kier molecular flexibility index (Phi) is 13.7. The number of hydrogen-bond acceptors (Lipinski definition) is 4. The third kappa shape index (κ3) is 10.2. The molecule has 1 aromatic heterocycles. The molecule has 0 saturated carbocycles. The number of nitrogens with zero attached hydrogens (tertiary/aromatic N) is 3. The Hall–Kier alpha value is -4.56. The van der Waals surface area contributed by atoms with E-state index in [4.69, 9.17) is 9.47 Å². The van der Waals surface area contributed by atoms with E-state index in [1.54, 1.807) is 12.0 Å². The molecule has 8 nitrogen and oxygen atoms in total. The molecule has 0 fully saturated rings. The SMILES string of the molecule is CCOCCCN(CC(=O)N(Cc1ccccc1)Cc1cccn1Cc1cccc(OC)c1)C(=O)Nc1c(C(C)C)cccc1C(C)C. The summed E-state index contributed by atoms with van der Waals surface area (Å²) in [5.74, 6) is 1.13. The van der Waals surface area contributed by atoms with Gasteiger partial charge in [0.05, 0.1) is 13.7 Å². The highest BCUT2D eigenvalue weighted by Gasteiger charge is 2.25. The molecule has 0 aliphatic rings. The number of anilines is 1. The van der Waals surface area contributed by atoms with E-state index in [2.05, 4.69) is 61.8 Å². The standard InChI is InChI=1S/C40H52N4O4/c1-7-48-24-14-23-43(40(46)41-39-36(30(2)3)20-12-21-37(39)31(4)5)29-38(45)44(26-32-15-9-8-10-16-32)28-34-18-13-22-42(34)27-33-17-11-19-35(25-33)47-6/h8-13,15-22,25,30-31H,7,14,23-24,26-29H2,1-6H3,(H,41,46). The molecule has 0 atom stereocenters. The zero-order valence-electron chi connectivity index (χ0n) is 29.4. The second-order valence-corrected chi connectivity index (χ2v) is 12.7. The summed E-state index contributed by atoms with van der Waals surface area (Å²) >= 11 is 0. The molecule has 4 rings (SSSR count).